The van der Waals surface area contributed by atoms with Crippen LogP contribution in [-0.4, -0.2) is 22.8 Å². The predicted octanol–water partition coefficient (Wildman–Crippen LogP) is 1.91. The van der Waals surface area contributed by atoms with Gasteiger partial charge in [-0.15, -0.1) is 0 Å². The molecule has 1 heterocycles. The van der Waals surface area contributed by atoms with Gasteiger partial charge in [-0.2, -0.15) is 0 Å². The van der Waals surface area contributed by atoms with Crippen LogP contribution in [0.25, 0.3) is 0 Å². The van der Waals surface area contributed by atoms with Gasteiger partial charge in [0.2, 0.25) is 0 Å². The second-order valence-electron chi connectivity index (χ2n) is 5.29. The quantitative estimate of drug-likeness (QED) is 0.694. The van der Waals surface area contributed by atoms with Crippen molar-refractivity contribution in [2.45, 2.75) is 33.2 Å². The molecule has 0 spiro atoms. The van der Waals surface area contributed by atoms with E-state index in [0.717, 1.165) is 25.9 Å². The van der Waals surface area contributed by atoms with E-state index in [1.54, 1.807) is 0 Å². The molecule has 0 saturated carbocycles. The monoisotopic (exact) mass is 224 g/mol. The largest absolute Gasteiger partial charge is 0.396 e. The van der Waals surface area contributed by atoms with Gasteiger partial charge in [-0.3, -0.25) is 0 Å². The first kappa shape index (κ1) is 13.3. The van der Waals surface area contributed by atoms with E-state index < -0.39 is 0 Å². The molecule has 0 atom stereocenters. The van der Waals surface area contributed by atoms with Gasteiger partial charge in [0, 0.05) is 32.6 Å². The van der Waals surface area contributed by atoms with Crippen molar-refractivity contribution in [2.75, 3.05) is 13.2 Å². The smallest absolute Gasteiger partial charge is 0.0482 e. The van der Waals surface area contributed by atoms with Crippen LogP contribution in [0.2, 0.25) is 0 Å². The average molecular weight is 224 g/mol. The van der Waals surface area contributed by atoms with Crippen LogP contribution in [0, 0.1) is 5.41 Å². The van der Waals surface area contributed by atoms with Crippen molar-refractivity contribution in [1.82, 2.24) is 9.88 Å². The average Bonchev–Trinajstić information content (AvgIpc) is 2.64. The van der Waals surface area contributed by atoms with E-state index in [1.807, 2.05) is 7.05 Å². The Morgan fingerprint density at radius 1 is 1.44 bits per heavy atom. The lowest BCUT2D eigenvalue weighted by molar-refractivity contribution is 0.148. The van der Waals surface area contributed by atoms with Crippen LogP contribution in [0.4, 0.5) is 0 Å². The Morgan fingerprint density at radius 3 is 2.75 bits per heavy atom. The zero-order valence-corrected chi connectivity index (χ0v) is 10.7. The van der Waals surface area contributed by atoms with E-state index in [1.165, 1.54) is 5.56 Å². The summed E-state index contributed by atoms with van der Waals surface area (Å²) in [6, 6.07) is 2.13. The Bertz CT molecular complexity index is 305. The maximum Gasteiger partial charge on any atom is 0.0482 e. The minimum atomic E-state index is 0.0639. The molecule has 92 valence electrons. The molecule has 0 aliphatic rings. The molecule has 0 radical (unpaired) electrons. The summed E-state index contributed by atoms with van der Waals surface area (Å²) in [5.74, 6) is 0. The number of aromatic nitrogens is 1. The molecule has 1 aromatic heterocycles. The van der Waals surface area contributed by atoms with Crippen molar-refractivity contribution in [1.29, 1.82) is 0 Å². The molecule has 1 aromatic rings. The van der Waals surface area contributed by atoms with Gasteiger partial charge in [0.1, 0.15) is 0 Å². The van der Waals surface area contributed by atoms with Crippen molar-refractivity contribution >= 4 is 0 Å². The van der Waals surface area contributed by atoms with E-state index in [2.05, 4.69) is 42.2 Å². The summed E-state index contributed by atoms with van der Waals surface area (Å²) < 4.78 is 2.06. The minimum Gasteiger partial charge on any atom is -0.396 e. The molecule has 0 fully saturated rings. The van der Waals surface area contributed by atoms with Gasteiger partial charge in [-0.1, -0.05) is 13.8 Å². The number of aliphatic hydroxyl groups excluding tert-OH is 1. The maximum atomic E-state index is 9.11. The second-order valence-corrected chi connectivity index (χ2v) is 5.29. The summed E-state index contributed by atoms with van der Waals surface area (Å²) >= 11 is 0. The number of hydrogen-bond acceptors (Lipinski definition) is 2. The van der Waals surface area contributed by atoms with Crippen LogP contribution in [-0.2, 0) is 13.6 Å². The highest BCUT2D eigenvalue weighted by Crippen LogP contribution is 2.20. The Balaban J connectivity index is 2.08. The van der Waals surface area contributed by atoms with Crippen LogP contribution >= 0.6 is 0 Å². The normalized spacial score (nSPS) is 12.0. The number of nitrogens with zero attached hydrogens (tertiary/aromatic N) is 1. The summed E-state index contributed by atoms with van der Waals surface area (Å²) in [4.78, 5) is 0. The predicted molar refractivity (Wildman–Crippen MR) is 67.2 cm³/mol. The Kier molecular flexibility index (Phi) is 5.03. The fourth-order valence-electron chi connectivity index (χ4n) is 1.67. The van der Waals surface area contributed by atoms with Crippen molar-refractivity contribution in [2.24, 2.45) is 12.5 Å². The Hall–Kier alpha value is -0.800. The minimum absolute atomic E-state index is 0.0639. The van der Waals surface area contributed by atoms with E-state index in [0.29, 0.717) is 0 Å². The molecule has 3 nitrogen and oxygen atoms in total. The molecule has 0 saturated heterocycles. The number of aryl methyl sites for hydroxylation is 1. The van der Waals surface area contributed by atoms with Gasteiger partial charge in [0.05, 0.1) is 0 Å². The number of aliphatic hydroxyl groups is 1. The van der Waals surface area contributed by atoms with Gasteiger partial charge in [-0.05, 0) is 36.4 Å². The molecule has 0 bridgehead atoms. The van der Waals surface area contributed by atoms with E-state index in [4.69, 9.17) is 5.11 Å². The summed E-state index contributed by atoms with van der Waals surface area (Å²) in [6.45, 7) is 6.42. The summed E-state index contributed by atoms with van der Waals surface area (Å²) in [7, 11) is 2.03. The molecular weight excluding hydrogens is 200 g/mol. The van der Waals surface area contributed by atoms with E-state index in [-0.39, 0.29) is 12.0 Å². The Labute approximate surface area is 98.5 Å². The zero-order chi connectivity index (χ0) is 12.0. The Morgan fingerprint density at radius 2 is 2.19 bits per heavy atom. The third-order valence-corrected chi connectivity index (χ3v) is 2.86. The number of hydrogen-bond donors (Lipinski definition) is 2. The third-order valence-electron chi connectivity index (χ3n) is 2.86. The van der Waals surface area contributed by atoms with E-state index >= 15 is 0 Å². The molecule has 0 unspecified atom stereocenters. The summed E-state index contributed by atoms with van der Waals surface area (Å²) in [5.41, 5.74) is 1.39. The van der Waals surface area contributed by atoms with Crippen LogP contribution in [0.3, 0.4) is 0 Å². The van der Waals surface area contributed by atoms with Gasteiger partial charge >= 0.3 is 0 Å². The van der Waals surface area contributed by atoms with Crippen molar-refractivity contribution in [3.05, 3.63) is 24.0 Å². The zero-order valence-electron chi connectivity index (χ0n) is 10.7. The van der Waals surface area contributed by atoms with E-state index in [9.17, 15) is 0 Å². The van der Waals surface area contributed by atoms with Gasteiger partial charge < -0.3 is 15.0 Å². The molecule has 0 amide bonds. The molecule has 0 aliphatic carbocycles. The van der Waals surface area contributed by atoms with Crippen LogP contribution in [0.15, 0.2) is 18.5 Å². The van der Waals surface area contributed by atoms with Crippen molar-refractivity contribution in [3.8, 4) is 0 Å². The lowest BCUT2D eigenvalue weighted by Gasteiger charge is -2.21. The van der Waals surface area contributed by atoms with Crippen LogP contribution in [0.1, 0.15) is 32.3 Å². The standard InChI is InChI=1S/C13H24N2O/c1-13(2,11-16)6-4-7-14-9-12-5-8-15(3)10-12/h5,8,10,14,16H,4,6-7,9,11H2,1-3H3. The first-order valence-electron chi connectivity index (χ1n) is 5.96. The summed E-state index contributed by atoms with van der Waals surface area (Å²) in [6.07, 6.45) is 6.36. The molecular formula is C13H24N2O. The van der Waals surface area contributed by atoms with Gasteiger partial charge in [0.25, 0.3) is 0 Å². The van der Waals surface area contributed by atoms with Gasteiger partial charge in [-0.25, -0.2) is 0 Å². The first-order chi connectivity index (χ1) is 7.53. The fraction of sp³-hybridized carbons (Fsp3) is 0.692. The first-order valence-corrected chi connectivity index (χ1v) is 5.96. The van der Waals surface area contributed by atoms with Crippen LogP contribution < -0.4 is 5.32 Å². The topological polar surface area (TPSA) is 37.2 Å². The molecule has 2 N–H and O–H groups in total. The maximum absolute atomic E-state index is 9.11. The summed E-state index contributed by atoms with van der Waals surface area (Å²) in [5, 5.41) is 12.5. The molecule has 16 heavy (non-hydrogen) atoms. The molecule has 0 aromatic carbocycles. The van der Waals surface area contributed by atoms with Crippen molar-refractivity contribution in [3.63, 3.8) is 0 Å². The lowest BCUT2D eigenvalue weighted by Crippen LogP contribution is -2.20. The fourth-order valence-corrected chi connectivity index (χ4v) is 1.67. The number of rotatable bonds is 7. The highest BCUT2D eigenvalue weighted by Gasteiger charge is 2.14. The lowest BCUT2D eigenvalue weighted by atomic mass is 9.89. The third kappa shape index (κ3) is 4.81. The second kappa shape index (κ2) is 6.06. The highest BCUT2D eigenvalue weighted by molar-refractivity contribution is 5.09. The molecule has 0 aliphatic heterocycles. The SMILES string of the molecule is Cn1ccc(CNCCCC(C)(C)CO)c1. The highest BCUT2D eigenvalue weighted by atomic mass is 16.3. The van der Waals surface area contributed by atoms with Crippen LogP contribution in [0.5, 0.6) is 0 Å². The van der Waals surface area contributed by atoms with Crippen molar-refractivity contribution < 1.29 is 5.11 Å². The van der Waals surface area contributed by atoms with Gasteiger partial charge in [0.15, 0.2) is 0 Å². The number of nitrogens with one attached hydrogen (secondary N) is 1. The molecule has 1 rings (SSSR count). The molecule has 3 heteroatoms.